The van der Waals surface area contributed by atoms with E-state index in [0.29, 0.717) is 6.61 Å². The van der Waals surface area contributed by atoms with Gasteiger partial charge in [0, 0.05) is 0 Å². The van der Waals surface area contributed by atoms with Crippen LogP contribution in [0.25, 0.3) is 0 Å². The van der Waals surface area contributed by atoms with Gasteiger partial charge in [-0.15, -0.1) is 0 Å². The van der Waals surface area contributed by atoms with E-state index in [1.807, 2.05) is 53.7 Å². The van der Waals surface area contributed by atoms with E-state index in [1.165, 1.54) is 0 Å². The van der Waals surface area contributed by atoms with Crippen LogP contribution in [0.3, 0.4) is 0 Å². The molecule has 0 radical (unpaired) electrons. The first-order chi connectivity index (χ1) is 7.67. The molecule has 4 heteroatoms. The van der Waals surface area contributed by atoms with Gasteiger partial charge in [-0.1, -0.05) is 12.2 Å². The number of hydrogen-bond donors (Lipinski definition) is 0. The second kappa shape index (κ2) is 4.69. The Morgan fingerprint density at radius 1 is 1.47 bits per heavy atom. The molecule has 0 aromatic heterocycles. The van der Waals surface area contributed by atoms with Gasteiger partial charge in [-0.05, 0) is 41.5 Å². The van der Waals surface area contributed by atoms with E-state index in [-0.39, 0.29) is 12.1 Å². The van der Waals surface area contributed by atoms with Crippen LogP contribution in [0, 0.1) is 0 Å². The third kappa shape index (κ3) is 3.46. The molecule has 0 N–H and O–H groups in total. The number of amides is 1. The molecule has 0 aromatic rings. The molecule has 0 bridgehead atoms. The smallest absolute Gasteiger partial charge is 0.413 e. The zero-order valence-corrected chi connectivity index (χ0v) is 11.6. The summed E-state index contributed by atoms with van der Waals surface area (Å²) in [6.07, 6.45) is 3.55. The average molecular weight is 241 g/mol. The number of ether oxygens (including phenoxy) is 2. The molecule has 1 fully saturated rings. The van der Waals surface area contributed by atoms with Crippen molar-refractivity contribution in [3.05, 3.63) is 12.2 Å². The van der Waals surface area contributed by atoms with E-state index < -0.39 is 11.3 Å². The quantitative estimate of drug-likeness (QED) is 0.662. The Kier molecular flexibility index (Phi) is 3.87. The van der Waals surface area contributed by atoms with Crippen LogP contribution in [0.4, 0.5) is 4.79 Å². The molecule has 17 heavy (non-hydrogen) atoms. The first-order valence-electron chi connectivity index (χ1n) is 5.96. The Morgan fingerprint density at radius 2 is 2.06 bits per heavy atom. The summed E-state index contributed by atoms with van der Waals surface area (Å²) < 4.78 is 11.0. The number of hydrogen-bond acceptors (Lipinski definition) is 3. The van der Waals surface area contributed by atoms with Crippen molar-refractivity contribution in [3.8, 4) is 0 Å². The summed E-state index contributed by atoms with van der Waals surface area (Å²) in [5.41, 5.74) is -1.11. The highest BCUT2D eigenvalue weighted by Crippen LogP contribution is 2.29. The maximum absolute atomic E-state index is 12.2. The molecule has 0 aromatic carbocycles. The predicted octanol–water partition coefficient (Wildman–Crippen LogP) is 2.93. The Balaban J connectivity index is 2.86. The summed E-state index contributed by atoms with van der Waals surface area (Å²) in [5.74, 6) is 0. The van der Waals surface area contributed by atoms with Crippen molar-refractivity contribution < 1.29 is 14.3 Å². The maximum atomic E-state index is 12.2. The van der Waals surface area contributed by atoms with Crippen molar-refractivity contribution in [1.82, 2.24) is 4.90 Å². The molecule has 0 aliphatic carbocycles. The Labute approximate surface area is 104 Å². The van der Waals surface area contributed by atoms with E-state index in [9.17, 15) is 4.79 Å². The maximum Gasteiger partial charge on any atom is 0.413 e. The topological polar surface area (TPSA) is 38.8 Å². The molecule has 0 unspecified atom stereocenters. The van der Waals surface area contributed by atoms with Gasteiger partial charge >= 0.3 is 6.09 Å². The number of nitrogens with zero attached hydrogens (tertiary/aromatic N) is 1. The minimum absolute atomic E-state index is 0.0511. The van der Waals surface area contributed by atoms with E-state index in [2.05, 4.69) is 0 Å². The van der Waals surface area contributed by atoms with Crippen molar-refractivity contribution >= 4 is 6.09 Å². The SMILES string of the molecule is C/C=C/[C@@H]1COC(C)(C)N1C(=O)OC(C)(C)C. The standard InChI is InChI=1S/C13H23NO3/c1-7-8-10-9-16-13(5,6)14(10)11(15)17-12(2,3)4/h7-8,10H,9H2,1-6H3/b8-7+/t10-/m1/s1. The van der Waals surface area contributed by atoms with Gasteiger partial charge in [0.05, 0.1) is 12.6 Å². The van der Waals surface area contributed by atoms with E-state index in [0.717, 1.165) is 0 Å². The molecule has 0 saturated carbocycles. The fourth-order valence-electron chi connectivity index (χ4n) is 1.86. The van der Waals surface area contributed by atoms with Crippen LogP contribution < -0.4 is 0 Å². The van der Waals surface area contributed by atoms with Crippen molar-refractivity contribution in [2.45, 2.75) is 58.9 Å². The third-order valence-electron chi connectivity index (χ3n) is 2.52. The molecule has 98 valence electrons. The van der Waals surface area contributed by atoms with Gasteiger partial charge in [-0.25, -0.2) is 4.79 Å². The van der Waals surface area contributed by atoms with E-state index in [4.69, 9.17) is 9.47 Å². The first kappa shape index (κ1) is 14.0. The van der Waals surface area contributed by atoms with Gasteiger partial charge < -0.3 is 9.47 Å². The molecule has 4 nitrogen and oxygen atoms in total. The highest BCUT2D eigenvalue weighted by molar-refractivity contribution is 5.70. The lowest BCUT2D eigenvalue weighted by atomic mass is 10.2. The van der Waals surface area contributed by atoms with Crippen LogP contribution >= 0.6 is 0 Å². The zero-order valence-electron chi connectivity index (χ0n) is 11.6. The van der Waals surface area contributed by atoms with Crippen LogP contribution in [0.1, 0.15) is 41.5 Å². The normalized spacial score (nSPS) is 24.4. The summed E-state index contributed by atoms with van der Waals surface area (Å²) in [4.78, 5) is 13.8. The van der Waals surface area contributed by atoms with Gasteiger partial charge in [-0.3, -0.25) is 4.90 Å². The van der Waals surface area contributed by atoms with Crippen molar-refractivity contribution in [3.63, 3.8) is 0 Å². The molecule has 1 amide bonds. The average Bonchev–Trinajstić information content (AvgIpc) is 2.39. The predicted molar refractivity (Wildman–Crippen MR) is 66.7 cm³/mol. The molecule has 1 rings (SSSR count). The fourth-order valence-corrected chi connectivity index (χ4v) is 1.86. The largest absolute Gasteiger partial charge is 0.444 e. The highest BCUT2D eigenvalue weighted by atomic mass is 16.6. The van der Waals surface area contributed by atoms with Crippen molar-refractivity contribution in [1.29, 1.82) is 0 Å². The molecule has 1 aliphatic heterocycles. The summed E-state index contributed by atoms with van der Waals surface area (Å²) >= 11 is 0. The van der Waals surface area contributed by atoms with Crippen LogP contribution in [0.5, 0.6) is 0 Å². The van der Waals surface area contributed by atoms with Gasteiger partial charge in [0.15, 0.2) is 0 Å². The van der Waals surface area contributed by atoms with Gasteiger partial charge in [0.2, 0.25) is 0 Å². The molecule has 1 saturated heterocycles. The lowest BCUT2D eigenvalue weighted by molar-refractivity contribution is -0.0610. The van der Waals surface area contributed by atoms with E-state index >= 15 is 0 Å². The minimum Gasteiger partial charge on any atom is -0.444 e. The molecular weight excluding hydrogens is 218 g/mol. The number of allylic oxidation sites excluding steroid dienone is 1. The molecule has 1 heterocycles. The Bertz CT molecular complexity index is 315. The van der Waals surface area contributed by atoms with Crippen molar-refractivity contribution in [2.24, 2.45) is 0 Å². The minimum atomic E-state index is -0.619. The summed E-state index contributed by atoms with van der Waals surface area (Å²) in [5, 5.41) is 0. The first-order valence-corrected chi connectivity index (χ1v) is 5.96. The van der Waals surface area contributed by atoms with Crippen LogP contribution in [0.2, 0.25) is 0 Å². The monoisotopic (exact) mass is 241 g/mol. The summed E-state index contributed by atoms with van der Waals surface area (Å²) in [6, 6.07) is -0.0511. The van der Waals surface area contributed by atoms with Crippen molar-refractivity contribution in [2.75, 3.05) is 6.61 Å². The van der Waals surface area contributed by atoms with Crippen LogP contribution in [-0.4, -0.2) is 35.0 Å². The molecule has 1 atom stereocenters. The lowest BCUT2D eigenvalue weighted by Gasteiger charge is -2.34. The summed E-state index contributed by atoms with van der Waals surface area (Å²) in [6.45, 7) is 11.8. The second-order valence-corrected chi connectivity index (χ2v) is 5.70. The Hall–Kier alpha value is -1.03. The zero-order chi connectivity index (χ0) is 13.3. The fraction of sp³-hybridized carbons (Fsp3) is 0.769. The molecular formula is C13H23NO3. The third-order valence-corrected chi connectivity index (χ3v) is 2.52. The number of carbonyl (C=O) groups excluding carboxylic acids is 1. The highest BCUT2D eigenvalue weighted by Gasteiger charge is 2.44. The summed E-state index contributed by atoms with van der Waals surface area (Å²) in [7, 11) is 0. The number of carbonyl (C=O) groups is 1. The number of rotatable bonds is 1. The van der Waals surface area contributed by atoms with Crippen LogP contribution in [-0.2, 0) is 9.47 Å². The van der Waals surface area contributed by atoms with Gasteiger partial charge in [0.25, 0.3) is 0 Å². The van der Waals surface area contributed by atoms with Gasteiger partial charge in [-0.2, -0.15) is 0 Å². The lowest BCUT2D eigenvalue weighted by Crippen LogP contribution is -2.49. The molecule has 1 aliphatic rings. The van der Waals surface area contributed by atoms with E-state index in [1.54, 1.807) is 4.90 Å². The second-order valence-electron chi connectivity index (χ2n) is 5.70. The molecule has 0 spiro atoms. The van der Waals surface area contributed by atoms with Crippen LogP contribution in [0.15, 0.2) is 12.2 Å². The Morgan fingerprint density at radius 3 is 2.53 bits per heavy atom. The van der Waals surface area contributed by atoms with Gasteiger partial charge in [0.1, 0.15) is 11.3 Å².